The van der Waals surface area contributed by atoms with Gasteiger partial charge in [0.25, 0.3) is 0 Å². The third-order valence-corrected chi connectivity index (χ3v) is 7.79. The van der Waals surface area contributed by atoms with Gasteiger partial charge in [-0.05, 0) is 36.6 Å². The minimum Gasteiger partial charge on any atom is -0.354 e. The lowest BCUT2D eigenvalue weighted by molar-refractivity contribution is -0.141. The van der Waals surface area contributed by atoms with Gasteiger partial charge in [-0.3, -0.25) is 13.9 Å². The van der Waals surface area contributed by atoms with Gasteiger partial charge < -0.3 is 10.2 Å². The largest absolute Gasteiger partial charge is 0.354 e. The zero-order valence-corrected chi connectivity index (χ0v) is 23.9. The highest BCUT2D eigenvalue weighted by atomic mass is 32.2. The number of amides is 2. The molecule has 0 heterocycles. The molecule has 0 aliphatic rings. The molecule has 2 amide bonds. The summed E-state index contributed by atoms with van der Waals surface area (Å²) in [7, 11) is -3.58. The van der Waals surface area contributed by atoms with Crippen LogP contribution in [0.3, 0.4) is 0 Å². The van der Waals surface area contributed by atoms with E-state index in [4.69, 9.17) is 0 Å². The standard InChI is InChI=1S/C31H38FN3O4S/c1-3-4-21-33-31(37)29(23-25-14-7-5-8-15-25)34(24-26-16-11-12-19-28(26)32)30(36)20-13-22-35(40(2,38)39)27-17-9-6-10-18-27/h5-12,14-19,29H,3-4,13,20-24H2,1-2H3,(H,33,37). The average molecular weight is 568 g/mol. The maximum atomic E-state index is 14.7. The molecule has 3 aromatic rings. The van der Waals surface area contributed by atoms with Crippen LogP contribution in [0.5, 0.6) is 0 Å². The molecule has 0 saturated heterocycles. The Morgan fingerprint density at radius 1 is 0.900 bits per heavy atom. The number of carbonyl (C=O) groups is 2. The zero-order chi connectivity index (χ0) is 29.0. The van der Waals surface area contributed by atoms with Gasteiger partial charge in [-0.1, -0.05) is 80.1 Å². The van der Waals surface area contributed by atoms with Gasteiger partial charge in [-0.25, -0.2) is 12.8 Å². The molecule has 0 aliphatic carbocycles. The fourth-order valence-corrected chi connectivity index (χ4v) is 5.43. The first-order valence-corrected chi connectivity index (χ1v) is 15.4. The van der Waals surface area contributed by atoms with Gasteiger partial charge in [0.05, 0.1) is 11.9 Å². The molecule has 40 heavy (non-hydrogen) atoms. The second kappa shape index (κ2) is 15.2. The van der Waals surface area contributed by atoms with Gasteiger partial charge in [0.1, 0.15) is 11.9 Å². The maximum absolute atomic E-state index is 14.7. The SMILES string of the molecule is CCCCNC(=O)C(Cc1ccccc1)N(Cc1ccccc1F)C(=O)CCCN(c1ccccc1)S(C)(=O)=O. The number of para-hydroxylation sites is 1. The third-order valence-electron chi connectivity index (χ3n) is 6.60. The van der Waals surface area contributed by atoms with Gasteiger partial charge in [0.2, 0.25) is 21.8 Å². The first-order valence-electron chi connectivity index (χ1n) is 13.6. The topological polar surface area (TPSA) is 86.8 Å². The molecule has 1 atom stereocenters. The van der Waals surface area contributed by atoms with Crippen LogP contribution in [0.15, 0.2) is 84.9 Å². The summed E-state index contributed by atoms with van der Waals surface area (Å²) >= 11 is 0. The Balaban J connectivity index is 1.87. The van der Waals surface area contributed by atoms with Gasteiger partial charge >= 0.3 is 0 Å². The summed E-state index contributed by atoms with van der Waals surface area (Å²) in [6.07, 6.45) is 3.30. The van der Waals surface area contributed by atoms with E-state index in [1.807, 2.05) is 37.3 Å². The number of carbonyl (C=O) groups excluding carboxylic acids is 2. The minimum absolute atomic E-state index is 0.0131. The second-order valence-corrected chi connectivity index (χ2v) is 11.6. The van der Waals surface area contributed by atoms with Crippen molar-refractivity contribution in [2.45, 2.75) is 51.6 Å². The lowest BCUT2D eigenvalue weighted by Gasteiger charge is -2.32. The first kappa shape index (κ1) is 30.8. The van der Waals surface area contributed by atoms with Crippen LogP contribution in [0.1, 0.15) is 43.7 Å². The van der Waals surface area contributed by atoms with E-state index in [0.717, 1.165) is 24.7 Å². The van der Waals surface area contributed by atoms with E-state index in [-0.39, 0.29) is 44.2 Å². The quantitative estimate of drug-likeness (QED) is 0.264. The van der Waals surface area contributed by atoms with Crippen LogP contribution in [-0.2, 0) is 32.6 Å². The summed E-state index contributed by atoms with van der Waals surface area (Å²) in [6, 6.07) is 23.4. The van der Waals surface area contributed by atoms with Crippen LogP contribution < -0.4 is 9.62 Å². The van der Waals surface area contributed by atoms with Crippen LogP contribution in [0.25, 0.3) is 0 Å². The summed E-state index contributed by atoms with van der Waals surface area (Å²) in [5.41, 5.74) is 1.69. The second-order valence-electron chi connectivity index (χ2n) is 9.74. The molecule has 214 valence electrons. The van der Waals surface area contributed by atoms with E-state index < -0.39 is 21.9 Å². The Hall–Kier alpha value is -3.72. The van der Waals surface area contributed by atoms with Gasteiger partial charge in [0.15, 0.2) is 0 Å². The van der Waals surface area contributed by atoms with Crippen molar-refractivity contribution in [1.29, 1.82) is 0 Å². The molecule has 0 spiro atoms. The number of nitrogens with zero attached hydrogens (tertiary/aromatic N) is 2. The lowest BCUT2D eigenvalue weighted by Crippen LogP contribution is -2.50. The van der Waals surface area contributed by atoms with Crippen LogP contribution in [-0.4, -0.2) is 50.5 Å². The highest BCUT2D eigenvalue weighted by Crippen LogP contribution is 2.20. The molecule has 7 nitrogen and oxygen atoms in total. The molecule has 0 radical (unpaired) electrons. The highest BCUT2D eigenvalue weighted by Gasteiger charge is 2.31. The van der Waals surface area contributed by atoms with Crippen molar-refractivity contribution < 1.29 is 22.4 Å². The summed E-state index contributed by atoms with van der Waals surface area (Å²) in [4.78, 5) is 28.6. The van der Waals surface area contributed by atoms with E-state index in [9.17, 15) is 22.4 Å². The molecular formula is C31H38FN3O4S. The number of sulfonamides is 1. The molecule has 9 heteroatoms. The van der Waals surface area contributed by atoms with Crippen LogP contribution in [0.4, 0.5) is 10.1 Å². The lowest BCUT2D eigenvalue weighted by atomic mass is 10.0. The molecule has 0 bridgehead atoms. The predicted molar refractivity (Wildman–Crippen MR) is 157 cm³/mol. The summed E-state index contributed by atoms with van der Waals surface area (Å²) in [5, 5.41) is 2.94. The Morgan fingerprint density at radius 2 is 1.52 bits per heavy atom. The van der Waals surface area contributed by atoms with Crippen LogP contribution in [0, 0.1) is 5.82 Å². The Morgan fingerprint density at radius 3 is 2.15 bits per heavy atom. The zero-order valence-electron chi connectivity index (χ0n) is 23.1. The molecular weight excluding hydrogens is 529 g/mol. The number of nitrogens with one attached hydrogen (secondary N) is 1. The monoisotopic (exact) mass is 567 g/mol. The van der Waals surface area contributed by atoms with Crippen LogP contribution >= 0.6 is 0 Å². The fourth-order valence-electron chi connectivity index (χ4n) is 4.47. The molecule has 0 fully saturated rings. The van der Waals surface area contributed by atoms with E-state index in [1.54, 1.807) is 48.5 Å². The average Bonchev–Trinajstić information content (AvgIpc) is 2.94. The Bertz CT molecular complexity index is 1340. The van der Waals surface area contributed by atoms with Crippen molar-refractivity contribution in [3.63, 3.8) is 0 Å². The number of hydrogen-bond donors (Lipinski definition) is 1. The third kappa shape index (κ3) is 9.19. The van der Waals surface area contributed by atoms with Crippen molar-refractivity contribution in [2.24, 2.45) is 0 Å². The van der Waals surface area contributed by atoms with Crippen molar-refractivity contribution in [3.8, 4) is 0 Å². The number of halogens is 1. The van der Waals surface area contributed by atoms with E-state index >= 15 is 0 Å². The van der Waals surface area contributed by atoms with Gasteiger partial charge in [-0.15, -0.1) is 0 Å². The molecule has 0 saturated carbocycles. The number of anilines is 1. The molecule has 0 aromatic heterocycles. The summed E-state index contributed by atoms with van der Waals surface area (Å²) in [5.74, 6) is -1.11. The van der Waals surface area contributed by atoms with Crippen molar-refractivity contribution in [3.05, 3.63) is 102 Å². The Labute approximate surface area is 237 Å². The Kier molecular flexibility index (Phi) is 11.7. The minimum atomic E-state index is -3.58. The molecule has 1 unspecified atom stereocenters. The highest BCUT2D eigenvalue weighted by molar-refractivity contribution is 7.92. The molecule has 1 N–H and O–H groups in total. The number of benzene rings is 3. The number of unbranched alkanes of at least 4 members (excludes halogenated alkanes) is 1. The van der Waals surface area contributed by atoms with Crippen molar-refractivity contribution in [1.82, 2.24) is 10.2 Å². The predicted octanol–water partition coefficient (Wildman–Crippen LogP) is 4.93. The van der Waals surface area contributed by atoms with Crippen LogP contribution in [0.2, 0.25) is 0 Å². The van der Waals surface area contributed by atoms with Crippen molar-refractivity contribution >= 4 is 27.5 Å². The fraction of sp³-hybridized carbons (Fsp3) is 0.355. The molecule has 3 rings (SSSR count). The van der Waals surface area contributed by atoms with Gasteiger partial charge in [-0.2, -0.15) is 0 Å². The summed E-state index contributed by atoms with van der Waals surface area (Å²) in [6.45, 7) is 2.51. The van der Waals surface area contributed by atoms with E-state index in [2.05, 4.69) is 5.32 Å². The first-order chi connectivity index (χ1) is 19.2. The van der Waals surface area contributed by atoms with E-state index in [0.29, 0.717) is 17.8 Å². The van der Waals surface area contributed by atoms with E-state index in [1.165, 1.54) is 15.3 Å². The summed E-state index contributed by atoms with van der Waals surface area (Å²) < 4.78 is 40.9. The molecule has 0 aliphatic heterocycles. The maximum Gasteiger partial charge on any atom is 0.243 e. The van der Waals surface area contributed by atoms with Crippen molar-refractivity contribution in [2.75, 3.05) is 23.7 Å². The van der Waals surface area contributed by atoms with Gasteiger partial charge in [0, 0.05) is 38.0 Å². The number of hydrogen-bond acceptors (Lipinski definition) is 4. The molecule has 3 aromatic carbocycles. The number of rotatable bonds is 15. The normalized spacial score (nSPS) is 12.0. The smallest absolute Gasteiger partial charge is 0.243 e.